The summed E-state index contributed by atoms with van der Waals surface area (Å²) in [5.74, 6) is -0.273. The van der Waals surface area contributed by atoms with Gasteiger partial charge in [0, 0.05) is 12.4 Å². The molecule has 3 heterocycles. The molecule has 0 unspecified atom stereocenters. The standard InChI is InChI=1S/C13H13N5OS/c1-3-11-16-17-13(20-11)15-12(19)9-7-18-5-4-8(2)6-10(18)14-9/h4-7H,3H2,1-2H3,(H,15,17,19). The highest BCUT2D eigenvalue weighted by Gasteiger charge is 2.13. The molecule has 102 valence electrons. The van der Waals surface area contributed by atoms with Gasteiger partial charge in [-0.2, -0.15) is 0 Å². The molecule has 0 radical (unpaired) electrons. The third-order valence-corrected chi connectivity index (χ3v) is 3.82. The van der Waals surface area contributed by atoms with Crippen LogP contribution >= 0.6 is 11.3 Å². The summed E-state index contributed by atoms with van der Waals surface area (Å²) < 4.78 is 1.82. The molecule has 0 aliphatic rings. The second-order valence-corrected chi connectivity index (χ2v) is 5.47. The first-order chi connectivity index (χ1) is 9.65. The molecule has 0 aliphatic carbocycles. The number of rotatable bonds is 3. The van der Waals surface area contributed by atoms with Gasteiger partial charge in [0.2, 0.25) is 5.13 Å². The second kappa shape index (κ2) is 5.01. The average Bonchev–Trinajstić information content (AvgIpc) is 3.04. The molecule has 3 aromatic rings. The summed E-state index contributed by atoms with van der Waals surface area (Å²) in [6.07, 6.45) is 4.39. The Labute approximate surface area is 119 Å². The molecule has 7 heteroatoms. The number of aryl methyl sites for hydroxylation is 2. The van der Waals surface area contributed by atoms with Gasteiger partial charge in [-0.1, -0.05) is 18.3 Å². The molecule has 0 saturated heterocycles. The molecule has 0 spiro atoms. The minimum absolute atomic E-state index is 0.273. The van der Waals surface area contributed by atoms with Gasteiger partial charge in [-0.15, -0.1) is 10.2 Å². The zero-order valence-electron chi connectivity index (χ0n) is 11.1. The van der Waals surface area contributed by atoms with Crippen molar-refractivity contribution in [3.05, 3.63) is 40.8 Å². The van der Waals surface area contributed by atoms with Crippen molar-refractivity contribution < 1.29 is 4.79 Å². The maximum absolute atomic E-state index is 12.1. The second-order valence-electron chi connectivity index (χ2n) is 4.40. The first-order valence-corrected chi connectivity index (χ1v) is 7.06. The maximum Gasteiger partial charge on any atom is 0.277 e. The lowest BCUT2D eigenvalue weighted by molar-refractivity contribution is 0.102. The average molecular weight is 287 g/mol. The number of pyridine rings is 1. The first-order valence-electron chi connectivity index (χ1n) is 6.25. The molecule has 3 aromatic heterocycles. The van der Waals surface area contributed by atoms with Crippen molar-refractivity contribution in [1.82, 2.24) is 19.6 Å². The van der Waals surface area contributed by atoms with Gasteiger partial charge in [0.05, 0.1) is 0 Å². The Balaban J connectivity index is 1.84. The third-order valence-electron chi connectivity index (χ3n) is 2.84. The van der Waals surface area contributed by atoms with Crippen LogP contribution in [-0.4, -0.2) is 25.5 Å². The number of anilines is 1. The number of carbonyl (C=O) groups excluding carboxylic acids is 1. The van der Waals surface area contributed by atoms with Gasteiger partial charge in [0.15, 0.2) is 0 Å². The lowest BCUT2D eigenvalue weighted by Crippen LogP contribution is -2.12. The zero-order chi connectivity index (χ0) is 14.1. The molecule has 1 N–H and O–H groups in total. The Morgan fingerprint density at radius 3 is 3.05 bits per heavy atom. The van der Waals surface area contributed by atoms with Crippen molar-refractivity contribution in [3.8, 4) is 0 Å². The van der Waals surface area contributed by atoms with Gasteiger partial charge >= 0.3 is 0 Å². The van der Waals surface area contributed by atoms with Crippen molar-refractivity contribution >= 4 is 28.0 Å². The fourth-order valence-corrected chi connectivity index (χ4v) is 2.48. The number of fused-ring (bicyclic) bond motifs is 1. The number of nitrogens with one attached hydrogen (secondary N) is 1. The predicted octanol–water partition coefficient (Wildman–Crippen LogP) is 2.31. The Morgan fingerprint density at radius 2 is 2.30 bits per heavy atom. The highest BCUT2D eigenvalue weighted by Crippen LogP contribution is 2.16. The summed E-state index contributed by atoms with van der Waals surface area (Å²) in [7, 11) is 0. The summed E-state index contributed by atoms with van der Waals surface area (Å²) in [5.41, 5.74) is 2.22. The van der Waals surface area contributed by atoms with E-state index >= 15 is 0 Å². The quantitative estimate of drug-likeness (QED) is 0.802. The van der Waals surface area contributed by atoms with Gasteiger partial charge in [0.25, 0.3) is 5.91 Å². The van der Waals surface area contributed by atoms with E-state index in [1.54, 1.807) is 6.20 Å². The van der Waals surface area contributed by atoms with Crippen LogP contribution in [0.5, 0.6) is 0 Å². The van der Waals surface area contributed by atoms with Crippen molar-refractivity contribution in [2.45, 2.75) is 20.3 Å². The van der Waals surface area contributed by atoms with Gasteiger partial charge in [0.1, 0.15) is 16.3 Å². The fraction of sp³-hybridized carbons (Fsp3) is 0.231. The number of carbonyl (C=O) groups is 1. The van der Waals surface area contributed by atoms with Crippen LogP contribution in [0.3, 0.4) is 0 Å². The van der Waals surface area contributed by atoms with Crippen molar-refractivity contribution in [2.75, 3.05) is 5.32 Å². The van der Waals surface area contributed by atoms with Crippen molar-refractivity contribution in [1.29, 1.82) is 0 Å². The van der Waals surface area contributed by atoms with Crippen LogP contribution in [0.2, 0.25) is 0 Å². The van der Waals surface area contributed by atoms with Gasteiger partial charge in [-0.25, -0.2) is 4.98 Å². The largest absolute Gasteiger partial charge is 0.306 e. The van der Waals surface area contributed by atoms with Crippen LogP contribution in [0.25, 0.3) is 5.65 Å². The van der Waals surface area contributed by atoms with Crippen LogP contribution in [0.4, 0.5) is 5.13 Å². The van der Waals surface area contributed by atoms with Crippen LogP contribution in [0, 0.1) is 6.92 Å². The predicted molar refractivity (Wildman–Crippen MR) is 77.2 cm³/mol. The van der Waals surface area contributed by atoms with E-state index in [0.717, 1.165) is 22.6 Å². The lowest BCUT2D eigenvalue weighted by atomic mass is 10.3. The van der Waals surface area contributed by atoms with Crippen LogP contribution in [0.1, 0.15) is 28.0 Å². The van der Waals surface area contributed by atoms with E-state index in [-0.39, 0.29) is 5.91 Å². The van der Waals surface area contributed by atoms with Crippen LogP contribution < -0.4 is 5.32 Å². The number of imidazole rings is 1. The molecule has 3 rings (SSSR count). The first kappa shape index (κ1) is 12.7. The fourth-order valence-electron chi connectivity index (χ4n) is 1.80. The molecular formula is C13H13N5OS. The molecule has 0 aromatic carbocycles. The van der Waals surface area contributed by atoms with Gasteiger partial charge in [-0.3, -0.25) is 10.1 Å². The van der Waals surface area contributed by atoms with E-state index in [9.17, 15) is 4.79 Å². The molecule has 20 heavy (non-hydrogen) atoms. The van der Waals surface area contributed by atoms with Crippen LogP contribution in [-0.2, 0) is 6.42 Å². The number of aromatic nitrogens is 4. The Kier molecular flexibility index (Phi) is 3.19. The van der Waals surface area contributed by atoms with Crippen molar-refractivity contribution in [3.63, 3.8) is 0 Å². The number of hydrogen-bond acceptors (Lipinski definition) is 5. The Bertz CT molecular complexity index is 776. The third kappa shape index (κ3) is 2.39. The zero-order valence-corrected chi connectivity index (χ0v) is 11.9. The molecule has 0 aliphatic heterocycles. The van der Waals surface area contributed by atoms with Crippen LogP contribution in [0.15, 0.2) is 24.5 Å². The highest BCUT2D eigenvalue weighted by atomic mass is 32.1. The smallest absolute Gasteiger partial charge is 0.277 e. The van der Waals surface area contributed by atoms with E-state index in [1.807, 2.05) is 36.6 Å². The Hall–Kier alpha value is -2.28. The number of amides is 1. The molecule has 0 atom stereocenters. The van der Waals surface area contributed by atoms with Gasteiger partial charge < -0.3 is 4.40 Å². The van der Waals surface area contributed by atoms with Crippen molar-refractivity contribution in [2.24, 2.45) is 0 Å². The highest BCUT2D eigenvalue weighted by molar-refractivity contribution is 7.15. The molecule has 1 amide bonds. The van der Waals surface area contributed by atoms with E-state index < -0.39 is 0 Å². The van der Waals surface area contributed by atoms with Gasteiger partial charge in [-0.05, 0) is 31.0 Å². The van der Waals surface area contributed by atoms with E-state index in [4.69, 9.17) is 0 Å². The molecule has 0 saturated carbocycles. The monoisotopic (exact) mass is 287 g/mol. The van der Waals surface area contributed by atoms with E-state index in [1.165, 1.54) is 11.3 Å². The topological polar surface area (TPSA) is 72.2 Å². The summed E-state index contributed by atoms with van der Waals surface area (Å²) in [4.78, 5) is 16.4. The number of hydrogen-bond donors (Lipinski definition) is 1. The summed E-state index contributed by atoms with van der Waals surface area (Å²) >= 11 is 1.38. The maximum atomic E-state index is 12.1. The SMILES string of the molecule is CCc1nnc(NC(=O)c2cn3ccc(C)cc3n2)s1. The molecule has 6 nitrogen and oxygen atoms in total. The lowest BCUT2D eigenvalue weighted by Gasteiger charge is -1.95. The normalized spacial score (nSPS) is 10.9. The Morgan fingerprint density at radius 1 is 1.45 bits per heavy atom. The molecule has 0 fully saturated rings. The molecule has 0 bridgehead atoms. The minimum atomic E-state index is -0.273. The molecular weight excluding hydrogens is 274 g/mol. The number of nitrogens with zero attached hydrogens (tertiary/aromatic N) is 4. The summed E-state index contributed by atoms with van der Waals surface area (Å²) in [6.45, 7) is 3.98. The summed E-state index contributed by atoms with van der Waals surface area (Å²) in [6, 6.07) is 3.89. The van der Waals surface area contributed by atoms with E-state index in [0.29, 0.717) is 10.8 Å². The van der Waals surface area contributed by atoms with E-state index in [2.05, 4.69) is 20.5 Å². The summed E-state index contributed by atoms with van der Waals surface area (Å²) in [5, 5.41) is 12.0. The minimum Gasteiger partial charge on any atom is -0.306 e.